The van der Waals surface area contributed by atoms with Crippen molar-refractivity contribution < 1.29 is 43.8 Å². The molecule has 0 bridgehead atoms. The van der Waals surface area contributed by atoms with Gasteiger partial charge in [0.05, 0.1) is 18.9 Å². The zero-order chi connectivity index (χ0) is 25.9. The van der Waals surface area contributed by atoms with Crippen LogP contribution in [0.4, 0.5) is 0 Å². The lowest BCUT2D eigenvalue weighted by molar-refractivity contribution is -0.144. The van der Waals surface area contributed by atoms with Gasteiger partial charge in [0.1, 0.15) is 24.2 Å². The number of nitrogens with two attached hydrogens (primary N) is 4. The maximum absolute atomic E-state index is 12.6. The van der Waals surface area contributed by atoms with Crippen LogP contribution in [0.1, 0.15) is 32.6 Å². The summed E-state index contributed by atoms with van der Waals surface area (Å²) in [5.41, 5.74) is 20.5. The van der Waals surface area contributed by atoms with Crippen LogP contribution in [0.3, 0.4) is 0 Å². The molecule has 0 saturated carbocycles. The maximum Gasteiger partial charge on any atom is 0.326 e. The van der Waals surface area contributed by atoms with Crippen molar-refractivity contribution >= 4 is 41.4 Å². The number of aliphatic carboxylic acids is 1. The second kappa shape index (κ2) is 13.6. The van der Waals surface area contributed by atoms with Crippen LogP contribution in [0.15, 0.2) is 0 Å². The van der Waals surface area contributed by atoms with Crippen molar-refractivity contribution in [3.05, 3.63) is 0 Å². The topological polar surface area (TPSA) is 300 Å². The number of primary amides is 3. The van der Waals surface area contributed by atoms with Crippen LogP contribution < -0.4 is 38.9 Å². The molecule has 0 radical (unpaired) electrons. The normalized spacial score (nSPS) is 15.1. The maximum atomic E-state index is 12.6. The van der Waals surface area contributed by atoms with E-state index in [0.29, 0.717) is 0 Å². The van der Waals surface area contributed by atoms with Gasteiger partial charge >= 0.3 is 5.97 Å². The van der Waals surface area contributed by atoms with Crippen LogP contribution in [-0.4, -0.2) is 81.9 Å². The fourth-order valence-corrected chi connectivity index (χ4v) is 2.40. The van der Waals surface area contributed by atoms with Gasteiger partial charge in [0, 0.05) is 6.42 Å². The van der Waals surface area contributed by atoms with Gasteiger partial charge in [0.2, 0.25) is 35.4 Å². The molecule has 0 spiro atoms. The molecule has 16 nitrogen and oxygen atoms in total. The third-order valence-corrected chi connectivity index (χ3v) is 4.19. The minimum Gasteiger partial charge on any atom is -0.480 e. The zero-order valence-electron chi connectivity index (χ0n) is 17.8. The molecule has 5 unspecified atom stereocenters. The van der Waals surface area contributed by atoms with Crippen molar-refractivity contribution in [2.45, 2.75) is 62.9 Å². The van der Waals surface area contributed by atoms with E-state index in [1.807, 2.05) is 5.32 Å². The number of carboxylic acid groups (broad SMARTS) is 1. The van der Waals surface area contributed by atoms with E-state index in [-0.39, 0.29) is 6.42 Å². The average molecular weight is 475 g/mol. The number of carbonyl (C=O) groups excluding carboxylic acids is 6. The summed E-state index contributed by atoms with van der Waals surface area (Å²) < 4.78 is 0. The van der Waals surface area contributed by atoms with Gasteiger partial charge in [-0.3, -0.25) is 28.8 Å². The molecular formula is C17H29N7O9. The first-order chi connectivity index (χ1) is 15.1. The summed E-state index contributed by atoms with van der Waals surface area (Å²) in [6, 6.07) is -6.36. The second-order valence-electron chi connectivity index (χ2n) is 7.13. The van der Waals surface area contributed by atoms with E-state index in [1.165, 1.54) is 6.92 Å². The van der Waals surface area contributed by atoms with Crippen molar-refractivity contribution in [2.24, 2.45) is 22.9 Å². The Bertz CT molecular complexity index is 787. The van der Waals surface area contributed by atoms with Crippen molar-refractivity contribution in [1.29, 1.82) is 0 Å². The largest absolute Gasteiger partial charge is 0.480 e. The SMILES string of the molecule is CC(O)C(N)C(=O)NC(CC(N)=O)C(=O)NC(CCC(N)=O)C(=O)NC(CC(N)=O)C(=O)O. The van der Waals surface area contributed by atoms with E-state index < -0.39 is 90.9 Å². The van der Waals surface area contributed by atoms with Crippen LogP contribution in [0.5, 0.6) is 0 Å². The smallest absolute Gasteiger partial charge is 0.326 e. The van der Waals surface area contributed by atoms with Crippen molar-refractivity contribution in [3.63, 3.8) is 0 Å². The number of hydrogen-bond donors (Lipinski definition) is 9. The van der Waals surface area contributed by atoms with Gasteiger partial charge in [-0.2, -0.15) is 0 Å². The average Bonchev–Trinajstić information content (AvgIpc) is 2.67. The Balaban J connectivity index is 5.63. The third-order valence-electron chi connectivity index (χ3n) is 4.19. The molecule has 0 saturated heterocycles. The third kappa shape index (κ3) is 11.4. The quantitative estimate of drug-likeness (QED) is 0.108. The molecule has 0 fully saturated rings. The molecule has 0 aromatic carbocycles. The summed E-state index contributed by atoms with van der Waals surface area (Å²) in [5, 5.41) is 24.8. The minimum atomic E-state index is -1.73. The minimum absolute atomic E-state index is 0.389. The summed E-state index contributed by atoms with van der Waals surface area (Å²) in [4.78, 5) is 81.9. The highest BCUT2D eigenvalue weighted by atomic mass is 16.4. The molecule has 6 amide bonds. The molecule has 186 valence electrons. The highest BCUT2D eigenvalue weighted by Crippen LogP contribution is 2.03. The lowest BCUT2D eigenvalue weighted by Gasteiger charge is -2.24. The summed E-state index contributed by atoms with van der Waals surface area (Å²) in [7, 11) is 0. The molecule has 0 aliphatic rings. The molecule has 0 aromatic rings. The fraction of sp³-hybridized carbons (Fsp3) is 0.588. The molecule has 0 aromatic heterocycles. The number of nitrogens with one attached hydrogen (secondary N) is 3. The van der Waals surface area contributed by atoms with E-state index in [9.17, 15) is 38.7 Å². The molecule has 5 atom stereocenters. The van der Waals surface area contributed by atoms with Gasteiger partial charge < -0.3 is 49.1 Å². The predicted molar refractivity (Wildman–Crippen MR) is 109 cm³/mol. The fourth-order valence-electron chi connectivity index (χ4n) is 2.40. The standard InChI is InChI=1S/C17H29N7O9/c1-6(25)13(21)16(31)23-8(4-11(19)27)15(30)22-7(2-3-10(18)26)14(29)24-9(17(32)33)5-12(20)28/h6-9,13,25H,2-5,21H2,1H3,(H2,18,26)(H2,19,27)(H2,20,28)(H,22,30)(H,23,31)(H,24,29)(H,32,33). The number of carbonyl (C=O) groups is 7. The Morgan fingerprint density at radius 1 is 0.727 bits per heavy atom. The van der Waals surface area contributed by atoms with Crippen LogP contribution in [-0.2, 0) is 33.6 Å². The van der Waals surface area contributed by atoms with Crippen LogP contribution >= 0.6 is 0 Å². The first-order valence-electron chi connectivity index (χ1n) is 9.58. The first-order valence-corrected chi connectivity index (χ1v) is 9.58. The molecule has 16 heteroatoms. The van der Waals surface area contributed by atoms with E-state index >= 15 is 0 Å². The molecule has 0 rings (SSSR count). The summed E-state index contributed by atoms with van der Waals surface area (Å²) >= 11 is 0. The number of amides is 6. The van der Waals surface area contributed by atoms with E-state index in [4.69, 9.17) is 28.0 Å². The van der Waals surface area contributed by atoms with Crippen LogP contribution in [0.25, 0.3) is 0 Å². The second-order valence-corrected chi connectivity index (χ2v) is 7.13. The summed E-state index contributed by atoms with van der Waals surface area (Å²) in [6.07, 6.45) is -3.57. The summed E-state index contributed by atoms with van der Waals surface area (Å²) in [5.74, 6) is -7.69. The van der Waals surface area contributed by atoms with E-state index in [1.54, 1.807) is 0 Å². The predicted octanol–water partition coefficient (Wildman–Crippen LogP) is -5.75. The van der Waals surface area contributed by atoms with E-state index in [0.717, 1.165) is 0 Å². The van der Waals surface area contributed by atoms with Gasteiger partial charge in [0.15, 0.2) is 0 Å². The lowest BCUT2D eigenvalue weighted by atomic mass is 10.1. The monoisotopic (exact) mass is 475 g/mol. The number of carboxylic acids is 1. The van der Waals surface area contributed by atoms with Crippen LogP contribution in [0, 0.1) is 0 Å². The van der Waals surface area contributed by atoms with Gasteiger partial charge in [-0.15, -0.1) is 0 Å². The number of aliphatic hydroxyl groups is 1. The van der Waals surface area contributed by atoms with Gasteiger partial charge in [-0.25, -0.2) is 4.79 Å². The Hall–Kier alpha value is -3.79. The zero-order valence-corrected chi connectivity index (χ0v) is 17.8. The number of rotatable bonds is 15. The van der Waals surface area contributed by atoms with Crippen molar-refractivity contribution in [2.75, 3.05) is 0 Å². The Morgan fingerprint density at radius 3 is 1.58 bits per heavy atom. The van der Waals surface area contributed by atoms with Crippen molar-refractivity contribution in [1.82, 2.24) is 16.0 Å². The summed E-state index contributed by atoms with van der Waals surface area (Å²) in [6.45, 7) is 1.21. The van der Waals surface area contributed by atoms with Gasteiger partial charge in [-0.05, 0) is 13.3 Å². The van der Waals surface area contributed by atoms with E-state index in [2.05, 4.69) is 10.6 Å². The molecule has 0 heterocycles. The van der Waals surface area contributed by atoms with Crippen molar-refractivity contribution in [3.8, 4) is 0 Å². The van der Waals surface area contributed by atoms with Gasteiger partial charge in [0.25, 0.3) is 0 Å². The van der Waals surface area contributed by atoms with Gasteiger partial charge in [-0.1, -0.05) is 0 Å². The molecular weight excluding hydrogens is 446 g/mol. The molecule has 13 N–H and O–H groups in total. The Morgan fingerprint density at radius 2 is 1.15 bits per heavy atom. The first kappa shape index (κ1) is 29.2. The Labute approximate surface area is 187 Å². The highest BCUT2D eigenvalue weighted by molar-refractivity contribution is 5.96. The number of aliphatic hydroxyl groups excluding tert-OH is 1. The molecule has 0 aliphatic carbocycles. The lowest BCUT2D eigenvalue weighted by Crippen LogP contribution is -2.59. The molecule has 0 aliphatic heterocycles. The number of hydrogen-bond acceptors (Lipinski definition) is 9. The highest BCUT2D eigenvalue weighted by Gasteiger charge is 2.32. The van der Waals surface area contributed by atoms with Crippen LogP contribution in [0.2, 0.25) is 0 Å². The Kier molecular flexibility index (Phi) is 12.0. The molecule has 33 heavy (non-hydrogen) atoms.